The lowest BCUT2D eigenvalue weighted by atomic mass is 9.81. The molecule has 0 aromatic rings. The first-order chi connectivity index (χ1) is 43.4. The van der Waals surface area contributed by atoms with Crippen LogP contribution in [0.2, 0.25) is 0 Å². The quantitative estimate of drug-likeness (QED) is 0.0344. The number of hydrogen-bond acceptors (Lipinski definition) is 36. The van der Waals surface area contributed by atoms with Crippen molar-refractivity contribution in [2.75, 3.05) is 40.5 Å². The van der Waals surface area contributed by atoms with Gasteiger partial charge in [-0.05, 0) is 27.9 Å². The van der Waals surface area contributed by atoms with Gasteiger partial charge in [-0.25, -0.2) is 9.98 Å². The number of nitrogens with zero attached hydrogens (tertiary/aromatic N) is 2. The minimum atomic E-state index is -4.67. The topological polar surface area (TPSA) is 898 Å². The summed E-state index contributed by atoms with van der Waals surface area (Å²) in [5, 5.41) is 194. The molecule has 0 radical (unpaired) electrons. The standard InChI is InChI=1S/2C21H41N7O12.3H2O4S/c2*1-5-21(36,4-30)16(40-17-9(26-2)13(34)10(31)6(3-29)38-17)18(37-5)39-15-8(28-20(24)25)11(32)7(27-19(22)23)12(33)14(15)35;3*1-5(2,3)4/h2*5-18,26,29-36H,3-4H2,1-2H3,(H4,22,23,27)(H4,24,25,28);3*(H2,1,2,3,4)/t2*5-,6-,7+,8-,9-,10-,11-,12-,13+,14+,15-,16-,17-,18-,21-;;;/m11.../s1. The molecule has 0 amide bonds. The van der Waals surface area contributed by atoms with Gasteiger partial charge in [-0.2, -0.15) is 25.3 Å². The smallest absolute Gasteiger partial charge is 0.394 e. The Morgan fingerprint density at radius 3 is 0.937 bits per heavy atom. The highest BCUT2D eigenvalue weighted by atomic mass is 32.3. The molecule has 95 heavy (non-hydrogen) atoms. The van der Waals surface area contributed by atoms with Crippen LogP contribution in [-0.2, 0) is 69.1 Å². The predicted octanol–water partition coefficient (Wildman–Crippen LogP) is -18.3. The van der Waals surface area contributed by atoms with Crippen LogP contribution in [-0.4, -0.2) is 381 Å². The summed E-state index contributed by atoms with van der Waals surface area (Å²) in [6.07, 6.45) is -33.8. The Balaban J connectivity index is 0.000000531. The Morgan fingerprint density at radius 1 is 0.442 bits per heavy atom. The molecule has 6 aliphatic rings. The minimum absolute atomic E-state index is 0.495. The van der Waals surface area contributed by atoms with Gasteiger partial charge in [0, 0.05) is 0 Å². The molecule has 4 saturated heterocycles. The molecule has 6 fully saturated rings. The molecule has 2 saturated carbocycles. The first-order valence-corrected chi connectivity index (χ1v) is 31.4. The van der Waals surface area contributed by atoms with Crippen LogP contribution in [0.4, 0.5) is 0 Å². The van der Waals surface area contributed by atoms with E-state index in [1.807, 2.05) is 0 Å². The average molecular weight is 1460 g/mol. The van der Waals surface area contributed by atoms with Crippen molar-refractivity contribution in [3.63, 3.8) is 0 Å². The molecule has 0 bridgehead atoms. The van der Waals surface area contributed by atoms with Gasteiger partial charge in [0.1, 0.15) is 121 Å². The zero-order valence-corrected chi connectivity index (χ0v) is 52.6. The summed E-state index contributed by atoms with van der Waals surface area (Å²) in [6.45, 7) is -0.410. The van der Waals surface area contributed by atoms with Crippen molar-refractivity contribution in [2.24, 2.45) is 44.4 Å². The molecule has 560 valence electrons. The van der Waals surface area contributed by atoms with Gasteiger partial charge in [-0.1, -0.05) is 0 Å². The molecule has 50 nitrogen and oxygen atoms in total. The highest BCUT2D eigenvalue weighted by Gasteiger charge is 2.63. The van der Waals surface area contributed by atoms with Gasteiger partial charge < -0.3 is 175 Å². The number of guanidine groups is 4. The van der Waals surface area contributed by atoms with Crippen molar-refractivity contribution in [3.05, 3.63) is 0 Å². The summed E-state index contributed by atoms with van der Waals surface area (Å²) >= 11 is 0. The number of likely N-dealkylation sites (N-methyl/N-ethyl adjacent to an activating group) is 2. The van der Waals surface area contributed by atoms with Gasteiger partial charge in [0.2, 0.25) is 0 Å². The number of ether oxygens (including phenoxy) is 8. The Morgan fingerprint density at radius 2 is 0.716 bits per heavy atom. The second kappa shape index (κ2) is 36.1. The molecule has 4 heterocycles. The van der Waals surface area contributed by atoms with Crippen LogP contribution in [0.25, 0.3) is 0 Å². The van der Waals surface area contributed by atoms with E-state index < -0.39 is 264 Å². The van der Waals surface area contributed by atoms with E-state index in [0.29, 0.717) is 0 Å². The molecule has 0 aromatic heterocycles. The van der Waals surface area contributed by atoms with E-state index >= 15 is 0 Å². The first kappa shape index (κ1) is 86.7. The highest BCUT2D eigenvalue weighted by Crippen LogP contribution is 2.41. The Kier molecular flexibility index (Phi) is 33.0. The predicted molar refractivity (Wildman–Crippen MR) is 309 cm³/mol. The van der Waals surface area contributed by atoms with Crippen LogP contribution in [0.1, 0.15) is 13.8 Å². The molecule has 40 N–H and O–H groups in total. The Bertz CT molecular complexity index is 2600. The maximum Gasteiger partial charge on any atom is 0.394 e. The minimum Gasteiger partial charge on any atom is -0.394 e. The number of aliphatic hydroxyl groups is 16. The van der Waals surface area contributed by atoms with E-state index in [9.17, 15) is 81.7 Å². The zero-order chi connectivity index (χ0) is 73.7. The van der Waals surface area contributed by atoms with E-state index in [-0.39, 0.29) is 0 Å². The van der Waals surface area contributed by atoms with Gasteiger partial charge in [0.05, 0.1) is 62.8 Å². The second-order valence-corrected chi connectivity index (χ2v) is 24.2. The average Bonchev–Trinajstić information content (AvgIpc) is 1.68. The number of aliphatic imine (C=N–C) groups is 2. The monoisotopic (exact) mass is 1460 g/mol. The molecule has 0 aromatic carbocycles. The van der Waals surface area contributed by atoms with Gasteiger partial charge in [-0.3, -0.25) is 38.1 Å². The van der Waals surface area contributed by atoms with Gasteiger partial charge >= 0.3 is 31.2 Å². The van der Waals surface area contributed by atoms with Crippen LogP contribution in [0.5, 0.6) is 0 Å². The molecule has 0 unspecified atom stereocenters. The lowest BCUT2D eigenvalue weighted by molar-refractivity contribution is -0.318. The van der Waals surface area contributed by atoms with Crippen molar-refractivity contribution in [2.45, 2.75) is 196 Å². The van der Waals surface area contributed by atoms with E-state index in [2.05, 4.69) is 31.3 Å². The van der Waals surface area contributed by atoms with E-state index in [4.69, 9.17) is 136 Å². The van der Waals surface area contributed by atoms with Crippen LogP contribution in [0.15, 0.2) is 9.98 Å². The van der Waals surface area contributed by atoms with E-state index in [1.165, 1.54) is 27.9 Å². The molecular formula is C42H88N14O36S3. The van der Waals surface area contributed by atoms with Gasteiger partial charge in [-0.15, -0.1) is 0 Å². The number of nitrogens with two attached hydrogens (primary N) is 6. The number of hydrogen-bond donors (Lipinski definition) is 34. The molecule has 2 aliphatic carbocycles. The Labute approximate surface area is 539 Å². The van der Waals surface area contributed by atoms with Gasteiger partial charge in [0.15, 0.2) is 49.0 Å². The lowest BCUT2D eigenvalue weighted by Gasteiger charge is -2.46. The third-order valence-corrected chi connectivity index (χ3v) is 15.1. The summed E-state index contributed by atoms with van der Waals surface area (Å²) in [7, 11) is -11.1. The van der Waals surface area contributed by atoms with Crippen molar-refractivity contribution in [3.8, 4) is 0 Å². The SMILES string of the molecule is CN[C@H]1[C@@H](O[C@@H]2[C@@H](O[C@H]3[C@@H](O)[C@H](O)[C@@H](N=C(N)N)[C@@H](O)[C@H]3NC(=N)N)O[C@H](C)[C@]2(O)CO)O[C@H](CO)[C@@H](O)[C@H]1O.CN[C@H]1[C@@H](O[C@@H]2[C@@H](O[C@H]3[C@@H](O)[C@H](O)[C@@H](N=C(N)N)[C@@H](O)[C@H]3NC(=N)N)O[C@H](C)[C@]2(O)CO)O[C@H](CO)[C@@H](O)[C@H]1O.O=S(=O)(O)O.O=S(=O)(O)O.O=S(=O)(O)O. The van der Waals surface area contributed by atoms with E-state index in [0.717, 1.165) is 0 Å². The summed E-state index contributed by atoms with van der Waals surface area (Å²) in [5.41, 5.74) is 28.2. The highest BCUT2D eigenvalue weighted by molar-refractivity contribution is 7.80. The summed E-state index contributed by atoms with van der Waals surface area (Å²) in [5.74, 6) is -2.27. The third-order valence-electron chi connectivity index (χ3n) is 15.1. The maximum absolute atomic E-state index is 11.3. The van der Waals surface area contributed by atoms with Crippen LogP contribution < -0.4 is 55.7 Å². The third kappa shape index (κ3) is 23.9. The van der Waals surface area contributed by atoms with E-state index in [1.54, 1.807) is 0 Å². The van der Waals surface area contributed by atoms with Crippen molar-refractivity contribution in [1.29, 1.82) is 10.8 Å². The second-order valence-electron chi connectivity index (χ2n) is 21.5. The van der Waals surface area contributed by atoms with Crippen molar-refractivity contribution >= 4 is 55.0 Å². The normalized spacial score (nSPS) is 41.9. The largest absolute Gasteiger partial charge is 0.394 e. The fourth-order valence-electron chi connectivity index (χ4n) is 10.4. The van der Waals surface area contributed by atoms with Crippen molar-refractivity contribution < 1.29 is 172 Å². The molecule has 6 rings (SSSR count). The fraction of sp³-hybridized carbons (Fsp3) is 0.905. The molecule has 30 atom stereocenters. The molecular weight excluding hydrogens is 1370 g/mol. The summed E-state index contributed by atoms with van der Waals surface area (Å²) < 4.78 is 141. The number of nitrogens with one attached hydrogen (secondary N) is 6. The van der Waals surface area contributed by atoms with Crippen LogP contribution in [0, 0.1) is 10.8 Å². The fourth-order valence-corrected chi connectivity index (χ4v) is 10.4. The number of rotatable bonds is 18. The molecule has 53 heteroatoms. The number of aliphatic hydroxyl groups excluding tert-OH is 14. The van der Waals surface area contributed by atoms with Crippen LogP contribution in [0.3, 0.4) is 0 Å². The zero-order valence-electron chi connectivity index (χ0n) is 50.1. The first-order valence-electron chi connectivity index (χ1n) is 27.2. The molecule has 4 aliphatic heterocycles. The summed E-state index contributed by atoms with van der Waals surface area (Å²) in [6, 6.07) is -7.88. The van der Waals surface area contributed by atoms with Crippen molar-refractivity contribution in [1.82, 2.24) is 21.3 Å². The summed E-state index contributed by atoms with van der Waals surface area (Å²) in [4.78, 5) is 7.50. The van der Waals surface area contributed by atoms with Crippen LogP contribution >= 0.6 is 0 Å². The Hall–Kier alpha value is -4.35. The van der Waals surface area contributed by atoms with Gasteiger partial charge in [0.25, 0.3) is 0 Å². The lowest BCUT2D eigenvalue weighted by Crippen LogP contribution is -2.70. The molecule has 0 spiro atoms. The maximum atomic E-state index is 11.3.